The van der Waals surface area contributed by atoms with Gasteiger partial charge in [0, 0.05) is 12.1 Å². The normalized spacial score (nSPS) is 12.0. The summed E-state index contributed by atoms with van der Waals surface area (Å²) in [6.45, 7) is 0. The van der Waals surface area contributed by atoms with Crippen LogP contribution >= 0.6 is 0 Å². The van der Waals surface area contributed by atoms with Crippen molar-refractivity contribution in [3.63, 3.8) is 0 Å². The first-order valence-electron chi connectivity index (χ1n) is 5.11. The highest BCUT2D eigenvalue weighted by molar-refractivity contribution is 5.45. The third-order valence-corrected chi connectivity index (χ3v) is 2.34. The van der Waals surface area contributed by atoms with Crippen molar-refractivity contribution in [3.8, 4) is 11.5 Å². The maximum atomic E-state index is 11.8. The number of phenols is 2. The zero-order chi connectivity index (χ0) is 13.1. The van der Waals surface area contributed by atoms with Crippen molar-refractivity contribution in [1.29, 1.82) is 0 Å². The van der Waals surface area contributed by atoms with Gasteiger partial charge in [-0.1, -0.05) is 24.3 Å². The van der Waals surface area contributed by atoms with Gasteiger partial charge in [0.1, 0.15) is 0 Å². The second kappa shape index (κ2) is 4.62. The molecule has 0 heterocycles. The molecule has 2 N–H and O–H groups in total. The minimum absolute atomic E-state index is 0.0373. The fourth-order valence-electron chi connectivity index (χ4n) is 1.45. The van der Waals surface area contributed by atoms with E-state index < -0.39 is 0 Å². The Morgan fingerprint density at radius 2 is 1.00 bits per heavy atom. The fourth-order valence-corrected chi connectivity index (χ4v) is 1.45. The molecule has 0 bridgehead atoms. The van der Waals surface area contributed by atoms with Gasteiger partial charge in [-0.3, -0.25) is 0 Å². The van der Waals surface area contributed by atoms with Gasteiger partial charge in [0.25, 0.3) is 0 Å². The lowest BCUT2D eigenvalue weighted by molar-refractivity contribution is -0.896. The highest BCUT2D eigenvalue weighted by atomic mass is 16.6. The van der Waals surface area contributed by atoms with Crippen molar-refractivity contribution in [3.05, 3.63) is 58.9 Å². The molecule has 2 rings (SSSR count). The van der Waals surface area contributed by atoms with Gasteiger partial charge in [-0.25, -0.2) is 0 Å². The molecule has 6 heteroatoms. The van der Waals surface area contributed by atoms with E-state index in [1.54, 1.807) is 0 Å². The number of rotatable bonds is 2. The Kier molecular flexibility index (Phi) is 3.01. The van der Waals surface area contributed by atoms with Crippen molar-refractivity contribution in [2.24, 2.45) is 0 Å². The fraction of sp³-hybridized carbons (Fsp3) is 0. The third kappa shape index (κ3) is 2.03. The van der Waals surface area contributed by atoms with Crippen LogP contribution in [0.4, 0.5) is 11.4 Å². The van der Waals surface area contributed by atoms with Crippen LogP contribution < -0.4 is 0 Å². The third-order valence-electron chi connectivity index (χ3n) is 2.34. The number of benzene rings is 2. The van der Waals surface area contributed by atoms with Crippen LogP contribution in [0.3, 0.4) is 0 Å². The molecule has 0 atom stereocenters. The Bertz CT molecular complexity index is 557. The molecule has 92 valence electrons. The van der Waals surface area contributed by atoms with Crippen molar-refractivity contribution < 1.29 is 19.9 Å². The summed E-state index contributed by atoms with van der Waals surface area (Å²) >= 11 is 0. The summed E-state index contributed by atoms with van der Waals surface area (Å²) in [6.07, 6.45) is 0. The van der Waals surface area contributed by atoms with E-state index >= 15 is 0 Å². The van der Waals surface area contributed by atoms with Crippen LogP contribution in [0.25, 0.3) is 0 Å². The Morgan fingerprint density at radius 3 is 1.33 bits per heavy atom. The molecular formula is C12H10N2O4. The standard InChI is InChI=1S/C12H10N2O4/c15-11-7-3-1-5-9(11)13(17)14(18)10-6-2-4-8-12(10)16/h1-8,15-16H/b14-13+. The van der Waals surface area contributed by atoms with E-state index in [1.165, 1.54) is 48.5 Å². The first kappa shape index (κ1) is 11.7. The van der Waals surface area contributed by atoms with Crippen LogP contribution in [0.2, 0.25) is 0 Å². The number of phenolic OH excluding ortho intramolecular Hbond substituents is 2. The van der Waals surface area contributed by atoms with Crippen molar-refractivity contribution in [2.75, 3.05) is 0 Å². The summed E-state index contributed by atoms with van der Waals surface area (Å²) < 4.78 is 0. The molecular weight excluding hydrogens is 236 g/mol. The molecule has 0 amide bonds. The zero-order valence-corrected chi connectivity index (χ0v) is 9.22. The maximum absolute atomic E-state index is 11.8. The van der Waals surface area contributed by atoms with Crippen molar-refractivity contribution >= 4 is 11.4 Å². The van der Waals surface area contributed by atoms with Gasteiger partial charge in [-0.15, -0.1) is 0 Å². The van der Waals surface area contributed by atoms with E-state index in [0.717, 1.165) is 0 Å². The zero-order valence-electron chi connectivity index (χ0n) is 9.22. The molecule has 0 radical (unpaired) electrons. The molecule has 2 aromatic carbocycles. The minimum Gasteiger partial charge on any atom is -0.561 e. The summed E-state index contributed by atoms with van der Waals surface area (Å²) in [5.74, 6) is -0.632. The number of nitrogens with zero attached hydrogens (tertiary/aromatic N) is 2. The van der Waals surface area contributed by atoms with Gasteiger partial charge < -0.3 is 20.6 Å². The molecule has 0 aliphatic heterocycles. The molecule has 0 saturated carbocycles. The Balaban J connectivity index is 2.55. The van der Waals surface area contributed by atoms with E-state index in [2.05, 4.69) is 0 Å². The van der Waals surface area contributed by atoms with Gasteiger partial charge in [-0.05, 0) is 12.1 Å². The highest BCUT2D eigenvalue weighted by Crippen LogP contribution is 2.29. The highest BCUT2D eigenvalue weighted by Gasteiger charge is 2.21. The summed E-state index contributed by atoms with van der Waals surface area (Å²) in [5, 5.41) is 42.5. The molecule has 0 unspecified atom stereocenters. The molecule has 0 spiro atoms. The number of azo groups is 1. The van der Waals surface area contributed by atoms with Crippen LogP contribution in [0, 0.1) is 10.4 Å². The summed E-state index contributed by atoms with van der Waals surface area (Å²) in [6, 6.07) is 11.3. The SMILES string of the molecule is [O-]/[N+](c1ccccc1O)=[N+](/[O-])c1ccccc1O. The molecule has 2 aromatic rings. The molecule has 6 nitrogen and oxygen atoms in total. The van der Waals surface area contributed by atoms with Gasteiger partial charge >= 0.3 is 11.4 Å². The lowest BCUT2D eigenvalue weighted by atomic mass is 10.3. The average molecular weight is 246 g/mol. The van der Waals surface area contributed by atoms with Gasteiger partial charge in [-0.2, -0.15) is 0 Å². The van der Waals surface area contributed by atoms with Crippen LogP contribution in [-0.2, 0) is 0 Å². The number of hydrogen-bond acceptors (Lipinski definition) is 4. The predicted molar refractivity (Wildman–Crippen MR) is 62.8 cm³/mol. The molecule has 0 aliphatic rings. The van der Waals surface area contributed by atoms with Gasteiger partial charge in [0.05, 0.1) is 9.72 Å². The van der Waals surface area contributed by atoms with Crippen LogP contribution in [0.15, 0.2) is 48.5 Å². The largest absolute Gasteiger partial charge is 0.561 e. The van der Waals surface area contributed by atoms with Gasteiger partial charge in [0.2, 0.25) is 0 Å². The first-order chi connectivity index (χ1) is 8.61. The Labute approximate surface area is 102 Å². The van der Waals surface area contributed by atoms with E-state index in [-0.39, 0.29) is 32.6 Å². The lowest BCUT2D eigenvalue weighted by Gasteiger charge is -2.04. The summed E-state index contributed by atoms with van der Waals surface area (Å²) in [7, 11) is 0. The number of para-hydroxylation sites is 4. The van der Waals surface area contributed by atoms with Crippen LogP contribution in [0.5, 0.6) is 11.5 Å². The monoisotopic (exact) mass is 246 g/mol. The lowest BCUT2D eigenvalue weighted by Crippen LogP contribution is -2.08. The number of aromatic hydroxyl groups is 2. The van der Waals surface area contributed by atoms with Crippen molar-refractivity contribution in [1.82, 2.24) is 0 Å². The van der Waals surface area contributed by atoms with Crippen molar-refractivity contribution in [2.45, 2.75) is 0 Å². The molecule has 0 aromatic heterocycles. The molecule has 0 fully saturated rings. The summed E-state index contributed by atoms with van der Waals surface area (Å²) in [4.78, 5) is -0.0746. The van der Waals surface area contributed by atoms with E-state index in [0.29, 0.717) is 0 Å². The predicted octanol–water partition coefficient (Wildman–Crippen LogP) is 2.53. The smallest absolute Gasteiger partial charge is 0.329 e. The van der Waals surface area contributed by atoms with Crippen LogP contribution in [0.1, 0.15) is 0 Å². The maximum Gasteiger partial charge on any atom is 0.329 e. The van der Waals surface area contributed by atoms with E-state index in [4.69, 9.17) is 0 Å². The molecule has 0 aliphatic carbocycles. The summed E-state index contributed by atoms with van der Waals surface area (Å²) in [5.41, 5.74) is -0.397. The Morgan fingerprint density at radius 1 is 0.667 bits per heavy atom. The Hall–Kier alpha value is -2.76. The second-order valence-corrected chi connectivity index (χ2v) is 3.52. The van der Waals surface area contributed by atoms with E-state index in [9.17, 15) is 20.6 Å². The quantitative estimate of drug-likeness (QED) is 0.483. The van der Waals surface area contributed by atoms with Gasteiger partial charge in [0.15, 0.2) is 11.5 Å². The molecule has 18 heavy (non-hydrogen) atoms. The van der Waals surface area contributed by atoms with Crippen LogP contribution in [-0.4, -0.2) is 19.9 Å². The first-order valence-corrected chi connectivity index (χ1v) is 5.11. The molecule has 0 saturated heterocycles. The number of hydrogen-bond donors (Lipinski definition) is 2. The van der Waals surface area contributed by atoms with E-state index in [1.807, 2.05) is 0 Å². The minimum atomic E-state index is -0.316. The topological polar surface area (TPSA) is 92.6 Å². The second-order valence-electron chi connectivity index (χ2n) is 3.52. The average Bonchev–Trinajstić information content (AvgIpc) is 2.38.